The van der Waals surface area contributed by atoms with Crippen LogP contribution >= 0.6 is 0 Å². The van der Waals surface area contributed by atoms with Crippen molar-refractivity contribution in [1.82, 2.24) is 5.32 Å². The van der Waals surface area contributed by atoms with Crippen LogP contribution in [0.4, 0.5) is 5.69 Å². The van der Waals surface area contributed by atoms with Crippen molar-refractivity contribution in [3.05, 3.63) is 29.3 Å². The lowest BCUT2D eigenvalue weighted by molar-refractivity contribution is 0.0954. The average molecular weight is 268 g/mol. The Morgan fingerprint density at radius 2 is 2.11 bits per heavy atom. The lowest BCUT2D eigenvalue weighted by Crippen LogP contribution is -2.26. The molecule has 0 spiro atoms. The monoisotopic (exact) mass is 268 g/mol. The van der Waals surface area contributed by atoms with Crippen LogP contribution in [0.3, 0.4) is 0 Å². The SMILES string of the molecule is CNc1cc(C)ccc1C(=O)NCCCS(C)=O. The first-order chi connectivity index (χ1) is 8.54. The van der Waals surface area contributed by atoms with Gasteiger partial charge in [0.1, 0.15) is 0 Å². The molecule has 1 aromatic rings. The Morgan fingerprint density at radius 1 is 1.39 bits per heavy atom. The Bertz CT molecular complexity index is 447. The molecule has 5 heteroatoms. The highest BCUT2D eigenvalue weighted by molar-refractivity contribution is 7.84. The van der Waals surface area contributed by atoms with Crippen LogP contribution in [-0.4, -0.2) is 35.7 Å². The molecule has 0 heterocycles. The zero-order valence-corrected chi connectivity index (χ0v) is 11.9. The number of amides is 1. The van der Waals surface area contributed by atoms with Gasteiger partial charge in [-0.25, -0.2) is 0 Å². The van der Waals surface area contributed by atoms with E-state index in [0.717, 1.165) is 17.7 Å². The molecular formula is C13H20N2O2S. The summed E-state index contributed by atoms with van der Waals surface area (Å²) in [5.74, 6) is 0.522. The van der Waals surface area contributed by atoms with E-state index in [-0.39, 0.29) is 5.91 Å². The van der Waals surface area contributed by atoms with E-state index in [0.29, 0.717) is 17.9 Å². The predicted octanol–water partition coefficient (Wildman–Crippen LogP) is 1.54. The number of anilines is 1. The van der Waals surface area contributed by atoms with E-state index in [4.69, 9.17) is 0 Å². The van der Waals surface area contributed by atoms with Crippen LogP contribution in [0.5, 0.6) is 0 Å². The summed E-state index contributed by atoms with van der Waals surface area (Å²) in [7, 11) is 1.000. The topological polar surface area (TPSA) is 58.2 Å². The lowest BCUT2D eigenvalue weighted by Gasteiger charge is -2.10. The van der Waals surface area contributed by atoms with Gasteiger partial charge in [-0.15, -0.1) is 0 Å². The fourth-order valence-electron chi connectivity index (χ4n) is 1.64. The number of hydrogen-bond donors (Lipinski definition) is 2. The van der Waals surface area contributed by atoms with Crippen molar-refractivity contribution in [2.45, 2.75) is 13.3 Å². The third-order valence-corrected chi connectivity index (χ3v) is 3.45. The Balaban J connectivity index is 2.58. The number of nitrogens with one attached hydrogen (secondary N) is 2. The maximum Gasteiger partial charge on any atom is 0.253 e. The van der Waals surface area contributed by atoms with Gasteiger partial charge in [-0.2, -0.15) is 0 Å². The molecule has 0 aromatic heterocycles. The van der Waals surface area contributed by atoms with Crippen LogP contribution in [0.25, 0.3) is 0 Å². The molecular weight excluding hydrogens is 248 g/mol. The Morgan fingerprint density at radius 3 is 2.72 bits per heavy atom. The first kappa shape index (κ1) is 14.7. The summed E-state index contributed by atoms with van der Waals surface area (Å²) >= 11 is 0. The molecule has 1 atom stereocenters. The van der Waals surface area contributed by atoms with Crippen LogP contribution in [-0.2, 0) is 10.8 Å². The highest BCUT2D eigenvalue weighted by Crippen LogP contribution is 2.16. The van der Waals surface area contributed by atoms with E-state index >= 15 is 0 Å². The minimum atomic E-state index is -0.798. The molecule has 1 amide bonds. The first-order valence-corrected chi connectivity index (χ1v) is 7.64. The summed E-state index contributed by atoms with van der Waals surface area (Å²) in [4.78, 5) is 12.0. The van der Waals surface area contributed by atoms with Crippen molar-refractivity contribution >= 4 is 22.4 Å². The third-order valence-electron chi connectivity index (χ3n) is 2.58. The van der Waals surface area contributed by atoms with E-state index in [1.165, 1.54) is 0 Å². The molecule has 4 nitrogen and oxygen atoms in total. The van der Waals surface area contributed by atoms with Gasteiger partial charge in [0.15, 0.2) is 0 Å². The van der Waals surface area contributed by atoms with Crippen LogP contribution in [0.2, 0.25) is 0 Å². The molecule has 100 valence electrons. The first-order valence-electron chi connectivity index (χ1n) is 5.91. The van der Waals surface area contributed by atoms with Crippen LogP contribution in [0.1, 0.15) is 22.3 Å². The molecule has 0 aliphatic carbocycles. The Labute approximate surface area is 111 Å². The zero-order chi connectivity index (χ0) is 13.5. The summed E-state index contributed by atoms with van der Waals surface area (Å²) in [5, 5.41) is 5.85. The van der Waals surface area contributed by atoms with Gasteiger partial charge in [-0.1, -0.05) is 6.07 Å². The molecule has 0 fully saturated rings. The van der Waals surface area contributed by atoms with E-state index in [2.05, 4.69) is 10.6 Å². The summed E-state index contributed by atoms with van der Waals surface area (Å²) < 4.78 is 10.9. The standard InChI is InChI=1S/C13H20N2O2S/c1-10-5-6-11(12(9-10)14-2)13(16)15-7-4-8-18(3)17/h5-6,9,14H,4,7-8H2,1-3H3,(H,15,16). The van der Waals surface area contributed by atoms with Crippen molar-refractivity contribution in [2.75, 3.05) is 30.9 Å². The molecule has 1 rings (SSSR count). The minimum Gasteiger partial charge on any atom is -0.387 e. The van der Waals surface area contributed by atoms with E-state index in [1.54, 1.807) is 13.3 Å². The number of aryl methyl sites for hydroxylation is 1. The minimum absolute atomic E-state index is 0.0961. The summed E-state index contributed by atoms with van der Waals surface area (Å²) in [6.45, 7) is 2.54. The molecule has 0 radical (unpaired) electrons. The second-order valence-corrected chi connectivity index (χ2v) is 5.74. The van der Waals surface area contributed by atoms with Gasteiger partial charge in [-0.3, -0.25) is 9.00 Å². The molecule has 0 saturated carbocycles. The molecule has 1 unspecified atom stereocenters. The molecule has 1 aromatic carbocycles. The quantitative estimate of drug-likeness (QED) is 0.769. The van der Waals surface area contributed by atoms with Gasteiger partial charge in [0, 0.05) is 42.1 Å². The second kappa shape index (κ2) is 7.16. The summed E-state index contributed by atoms with van der Waals surface area (Å²) in [6.07, 6.45) is 2.40. The number of carbonyl (C=O) groups excluding carboxylic acids is 1. The van der Waals surface area contributed by atoms with Crippen LogP contribution in [0.15, 0.2) is 18.2 Å². The van der Waals surface area contributed by atoms with E-state index in [9.17, 15) is 9.00 Å². The summed E-state index contributed by atoms with van der Waals surface area (Å²) in [5.41, 5.74) is 2.57. The van der Waals surface area contributed by atoms with Crippen molar-refractivity contribution in [2.24, 2.45) is 0 Å². The largest absolute Gasteiger partial charge is 0.387 e. The second-order valence-electron chi connectivity index (χ2n) is 4.19. The average Bonchev–Trinajstić information content (AvgIpc) is 2.33. The molecule has 0 aliphatic heterocycles. The van der Waals surface area contributed by atoms with Crippen molar-refractivity contribution in [1.29, 1.82) is 0 Å². The summed E-state index contributed by atoms with van der Waals surface area (Å²) in [6, 6.07) is 5.67. The fourth-order valence-corrected chi connectivity index (χ4v) is 2.19. The van der Waals surface area contributed by atoms with Gasteiger partial charge in [0.2, 0.25) is 0 Å². The van der Waals surface area contributed by atoms with Gasteiger partial charge < -0.3 is 10.6 Å². The van der Waals surface area contributed by atoms with Crippen LogP contribution in [0, 0.1) is 6.92 Å². The van der Waals surface area contributed by atoms with Gasteiger partial charge in [0.25, 0.3) is 5.91 Å². The highest BCUT2D eigenvalue weighted by Gasteiger charge is 2.09. The maximum atomic E-state index is 12.0. The molecule has 18 heavy (non-hydrogen) atoms. The number of hydrogen-bond acceptors (Lipinski definition) is 3. The maximum absolute atomic E-state index is 12.0. The van der Waals surface area contributed by atoms with Gasteiger partial charge >= 0.3 is 0 Å². The zero-order valence-electron chi connectivity index (χ0n) is 11.1. The Kier molecular flexibility index (Phi) is 5.85. The van der Waals surface area contributed by atoms with Crippen LogP contribution < -0.4 is 10.6 Å². The van der Waals surface area contributed by atoms with Gasteiger partial charge in [-0.05, 0) is 31.0 Å². The lowest BCUT2D eigenvalue weighted by atomic mass is 10.1. The van der Waals surface area contributed by atoms with Crippen molar-refractivity contribution in [3.63, 3.8) is 0 Å². The van der Waals surface area contributed by atoms with Crippen molar-refractivity contribution < 1.29 is 9.00 Å². The fraction of sp³-hybridized carbons (Fsp3) is 0.462. The number of benzene rings is 1. The van der Waals surface area contributed by atoms with E-state index < -0.39 is 10.8 Å². The van der Waals surface area contributed by atoms with Gasteiger partial charge in [0.05, 0.1) is 5.56 Å². The molecule has 0 saturated heterocycles. The molecule has 0 aliphatic rings. The third kappa shape index (κ3) is 4.49. The Hall–Kier alpha value is -1.36. The smallest absolute Gasteiger partial charge is 0.253 e. The predicted molar refractivity (Wildman–Crippen MR) is 76.6 cm³/mol. The van der Waals surface area contributed by atoms with Crippen molar-refractivity contribution in [3.8, 4) is 0 Å². The normalized spacial score (nSPS) is 11.9. The number of carbonyl (C=O) groups is 1. The highest BCUT2D eigenvalue weighted by atomic mass is 32.2. The molecule has 0 bridgehead atoms. The molecule has 2 N–H and O–H groups in total. The van der Waals surface area contributed by atoms with E-state index in [1.807, 2.05) is 25.1 Å². The number of rotatable bonds is 6.